The number of fused-ring (bicyclic) bond motifs is 1. The molecule has 0 spiro atoms. The van der Waals surface area contributed by atoms with Crippen LogP contribution in [0, 0.1) is 0 Å². The van der Waals surface area contributed by atoms with E-state index in [-0.39, 0.29) is 5.56 Å². The zero-order valence-electron chi connectivity index (χ0n) is 17.8. The summed E-state index contributed by atoms with van der Waals surface area (Å²) in [5.74, 6) is 1.76. The molecule has 0 unspecified atom stereocenters. The van der Waals surface area contributed by atoms with Gasteiger partial charge in [0.15, 0.2) is 17.3 Å². The number of nitrogens with zero attached hydrogens (tertiary/aromatic N) is 4. The van der Waals surface area contributed by atoms with Crippen molar-refractivity contribution in [2.45, 2.75) is 19.5 Å². The lowest BCUT2D eigenvalue weighted by Crippen LogP contribution is -2.35. The van der Waals surface area contributed by atoms with E-state index < -0.39 is 0 Å². The fourth-order valence-electron chi connectivity index (χ4n) is 4.25. The summed E-state index contributed by atoms with van der Waals surface area (Å²) in [6, 6.07) is 17.3. The molecule has 5 heterocycles. The number of H-pyrrole nitrogens is 1. The number of benzene rings is 1. The summed E-state index contributed by atoms with van der Waals surface area (Å²) in [5, 5.41) is 4.80. The van der Waals surface area contributed by atoms with Crippen LogP contribution in [0.4, 0.5) is 0 Å². The molecule has 33 heavy (non-hydrogen) atoms. The first-order chi connectivity index (χ1) is 16.2. The Hall–Kier alpha value is -4.17. The van der Waals surface area contributed by atoms with E-state index in [1.165, 1.54) is 0 Å². The van der Waals surface area contributed by atoms with Crippen LogP contribution in [0.5, 0.6) is 0 Å². The molecule has 5 aromatic rings. The number of furan rings is 2. The summed E-state index contributed by atoms with van der Waals surface area (Å²) in [4.78, 5) is 22.6. The van der Waals surface area contributed by atoms with Crippen molar-refractivity contribution < 1.29 is 8.83 Å². The normalized spacial score (nSPS) is 13.8. The molecule has 1 N–H and O–H groups in total. The minimum atomic E-state index is -0.123. The number of para-hydroxylation sites is 1. The van der Waals surface area contributed by atoms with Crippen molar-refractivity contribution in [2.24, 2.45) is 0 Å². The third-order valence-electron chi connectivity index (χ3n) is 5.86. The molecule has 1 aliphatic heterocycles. The third-order valence-corrected chi connectivity index (χ3v) is 5.86. The van der Waals surface area contributed by atoms with Gasteiger partial charge in [-0.05, 0) is 36.4 Å². The predicted octanol–water partition coefficient (Wildman–Crippen LogP) is 4.03. The Kier molecular flexibility index (Phi) is 4.77. The van der Waals surface area contributed by atoms with Gasteiger partial charge in [-0.2, -0.15) is 5.10 Å². The van der Waals surface area contributed by atoms with Gasteiger partial charge in [0.2, 0.25) is 0 Å². The molecule has 0 atom stereocenters. The Morgan fingerprint density at radius 2 is 1.76 bits per heavy atom. The summed E-state index contributed by atoms with van der Waals surface area (Å²) >= 11 is 0. The smallest absolute Gasteiger partial charge is 0.256 e. The number of nitrogens with one attached hydrogen (secondary N) is 1. The van der Waals surface area contributed by atoms with Crippen molar-refractivity contribution in [3.05, 3.63) is 100 Å². The van der Waals surface area contributed by atoms with Crippen molar-refractivity contribution in [2.75, 3.05) is 6.54 Å². The SMILES string of the molecule is O=c1[nH]c(-c2ccco2)nc2c1CN(Cc1cn(-c3ccccc3)nc1-c1ccco1)CC2. The van der Waals surface area contributed by atoms with E-state index in [9.17, 15) is 4.79 Å². The Morgan fingerprint density at radius 1 is 0.970 bits per heavy atom. The molecule has 1 aliphatic rings. The summed E-state index contributed by atoms with van der Waals surface area (Å²) in [6.45, 7) is 1.95. The topological polar surface area (TPSA) is 93.1 Å². The van der Waals surface area contributed by atoms with Crippen molar-refractivity contribution in [3.8, 4) is 28.7 Å². The van der Waals surface area contributed by atoms with Gasteiger partial charge in [-0.3, -0.25) is 9.69 Å². The second-order valence-electron chi connectivity index (χ2n) is 8.04. The molecule has 4 aromatic heterocycles. The van der Waals surface area contributed by atoms with Gasteiger partial charge in [-0.1, -0.05) is 18.2 Å². The van der Waals surface area contributed by atoms with E-state index >= 15 is 0 Å². The van der Waals surface area contributed by atoms with Crippen LogP contribution >= 0.6 is 0 Å². The fourth-order valence-corrected chi connectivity index (χ4v) is 4.25. The van der Waals surface area contributed by atoms with Crippen LogP contribution < -0.4 is 5.56 Å². The minimum absolute atomic E-state index is 0.123. The van der Waals surface area contributed by atoms with E-state index in [1.807, 2.05) is 53.3 Å². The number of aromatic amines is 1. The van der Waals surface area contributed by atoms with Gasteiger partial charge in [-0.15, -0.1) is 0 Å². The zero-order chi connectivity index (χ0) is 22.2. The molecule has 0 saturated carbocycles. The van der Waals surface area contributed by atoms with E-state index in [0.29, 0.717) is 36.7 Å². The molecule has 8 nitrogen and oxygen atoms in total. The molecule has 6 rings (SSSR count). The maximum atomic E-state index is 12.8. The quantitative estimate of drug-likeness (QED) is 0.444. The molecular weight excluding hydrogens is 418 g/mol. The monoisotopic (exact) mass is 439 g/mol. The van der Waals surface area contributed by atoms with Gasteiger partial charge in [0, 0.05) is 37.8 Å². The first kappa shape index (κ1) is 19.5. The van der Waals surface area contributed by atoms with E-state index in [1.54, 1.807) is 24.7 Å². The fraction of sp³-hybridized carbons (Fsp3) is 0.160. The lowest BCUT2D eigenvalue weighted by Gasteiger charge is -2.27. The van der Waals surface area contributed by atoms with Crippen LogP contribution in [0.25, 0.3) is 28.7 Å². The largest absolute Gasteiger partial charge is 0.463 e. The maximum absolute atomic E-state index is 12.8. The van der Waals surface area contributed by atoms with Gasteiger partial charge < -0.3 is 13.8 Å². The molecule has 0 radical (unpaired) electrons. The first-order valence-corrected chi connectivity index (χ1v) is 10.8. The average Bonchev–Trinajstić information content (AvgIpc) is 3.61. The highest BCUT2D eigenvalue weighted by Gasteiger charge is 2.24. The summed E-state index contributed by atoms with van der Waals surface area (Å²) in [5.41, 5.74) is 4.22. The second kappa shape index (κ2) is 8.07. The van der Waals surface area contributed by atoms with Crippen LogP contribution in [0.15, 0.2) is 86.9 Å². The van der Waals surface area contributed by atoms with Crippen LogP contribution in [-0.4, -0.2) is 31.2 Å². The molecule has 1 aromatic carbocycles. The summed E-state index contributed by atoms with van der Waals surface area (Å²) < 4.78 is 12.9. The molecule has 0 amide bonds. The summed E-state index contributed by atoms with van der Waals surface area (Å²) in [6.07, 6.45) is 5.95. The highest BCUT2D eigenvalue weighted by molar-refractivity contribution is 5.57. The number of rotatable bonds is 5. The minimum Gasteiger partial charge on any atom is -0.463 e. The number of hydrogen-bond donors (Lipinski definition) is 1. The molecule has 8 heteroatoms. The standard InChI is InChI=1S/C25H21N5O3/c31-25-19-16-29(11-10-20(19)26-24(27-25)22-9-5-13-33-22)14-17-15-30(18-6-2-1-3-7-18)28-23(17)21-8-4-12-32-21/h1-9,12-13,15H,10-11,14,16H2,(H,26,27,31). The first-order valence-electron chi connectivity index (χ1n) is 10.8. The highest BCUT2D eigenvalue weighted by atomic mass is 16.3. The Morgan fingerprint density at radius 3 is 2.52 bits per heavy atom. The average molecular weight is 439 g/mol. The van der Waals surface area contributed by atoms with Gasteiger partial charge in [0.1, 0.15) is 5.69 Å². The van der Waals surface area contributed by atoms with Crippen LogP contribution in [-0.2, 0) is 19.5 Å². The van der Waals surface area contributed by atoms with Crippen molar-refractivity contribution >= 4 is 0 Å². The Bertz CT molecular complexity index is 1430. The van der Waals surface area contributed by atoms with Gasteiger partial charge in [0.25, 0.3) is 5.56 Å². The van der Waals surface area contributed by atoms with Gasteiger partial charge >= 0.3 is 0 Å². The van der Waals surface area contributed by atoms with Crippen LogP contribution in [0.1, 0.15) is 16.8 Å². The third kappa shape index (κ3) is 3.70. The van der Waals surface area contributed by atoms with Crippen molar-refractivity contribution in [1.29, 1.82) is 0 Å². The van der Waals surface area contributed by atoms with Crippen LogP contribution in [0.2, 0.25) is 0 Å². The molecule has 164 valence electrons. The lowest BCUT2D eigenvalue weighted by atomic mass is 10.1. The van der Waals surface area contributed by atoms with Gasteiger partial charge in [0.05, 0.1) is 29.5 Å². The molecule has 0 saturated heterocycles. The van der Waals surface area contributed by atoms with Crippen molar-refractivity contribution in [3.63, 3.8) is 0 Å². The molecular formula is C25H21N5O3. The lowest BCUT2D eigenvalue weighted by molar-refractivity contribution is 0.242. The maximum Gasteiger partial charge on any atom is 0.256 e. The highest BCUT2D eigenvalue weighted by Crippen LogP contribution is 2.27. The van der Waals surface area contributed by atoms with E-state index in [4.69, 9.17) is 13.9 Å². The van der Waals surface area contributed by atoms with Crippen LogP contribution in [0.3, 0.4) is 0 Å². The Labute approximate surface area is 189 Å². The summed E-state index contributed by atoms with van der Waals surface area (Å²) in [7, 11) is 0. The number of hydrogen-bond acceptors (Lipinski definition) is 6. The number of aromatic nitrogens is 4. The Balaban J connectivity index is 1.30. The zero-order valence-corrected chi connectivity index (χ0v) is 17.8. The predicted molar refractivity (Wildman–Crippen MR) is 122 cm³/mol. The molecule has 0 bridgehead atoms. The van der Waals surface area contributed by atoms with Gasteiger partial charge in [-0.25, -0.2) is 9.67 Å². The van der Waals surface area contributed by atoms with E-state index in [0.717, 1.165) is 34.9 Å². The van der Waals surface area contributed by atoms with E-state index in [2.05, 4.69) is 14.9 Å². The second-order valence-corrected chi connectivity index (χ2v) is 8.04. The molecule has 0 fully saturated rings. The van der Waals surface area contributed by atoms with Crippen molar-refractivity contribution in [1.82, 2.24) is 24.6 Å². The molecule has 0 aliphatic carbocycles.